The molecule has 5 nitrogen and oxygen atoms in total. The van der Waals surface area contributed by atoms with Gasteiger partial charge >= 0.3 is 5.97 Å². The van der Waals surface area contributed by atoms with Crippen molar-refractivity contribution < 1.29 is 9.90 Å². The monoisotopic (exact) mass is 222 g/mol. The topological polar surface area (TPSA) is 72.2 Å². The molecule has 1 rings (SSSR count). The number of rotatable bonds is 4. The SMILES string of the molecule is CCC(=CCn1nc(C)ccc1=O)C(=O)O. The van der Waals surface area contributed by atoms with Crippen LogP contribution in [-0.2, 0) is 11.3 Å². The molecule has 0 fully saturated rings. The highest BCUT2D eigenvalue weighted by Gasteiger charge is 2.04. The van der Waals surface area contributed by atoms with E-state index in [1.807, 2.05) is 0 Å². The summed E-state index contributed by atoms with van der Waals surface area (Å²) in [4.78, 5) is 22.1. The van der Waals surface area contributed by atoms with Gasteiger partial charge in [-0.15, -0.1) is 0 Å². The second-order valence-electron chi connectivity index (χ2n) is 3.38. The lowest BCUT2D eigenvalue weighted by Gasteiger charge is -2.02. The average molecular weight is 222 g/mol. The maximum atomic E-state index is 11.4. The minimum absolute atomic E-state index is 0.190. The Morgan fingerprint density at radius 1 is 1.56 bits per heavy atom. The quantitative estimate of drug-likeness (QED) is 0.770. The lowest BCUT2D eigenvalue weighted by atomic mass is 10.2. The van der Waals surface area contributed by atoms with Crippen LogP contribution in [0.3, 0.4) is 0 Å². The molecule has 0 aliphatic rings. The number of aryl methyl sites for hydroxylation is 1. The van der Waals surface area contributed by atoms with Gasteiger partial charge in [0.05, 0.1) is 12.2 Å². The first kappa shape index (κ1) is 12.2. The third kappa shape index (κ3) is 3.05. The molecule has 0 radical (unpaired) electrons. The van der Waals surface area contributed by atoms with E-state index in [4.69, 9.17) is 5.11 Å². The summed E-state index contributed by atoms with van der Waals surface area (Å²) in [6, 6.07) is 3.04. The van der Waals surface area contributed by atoms with Crippen LogP contribution in [0.1, 0.15) is 19.0 Å². The fourth-order valence-electron chi connectivity index (χ4n) is 1.26. The molecular formula is C11H14N2O3. The first-order valence-corrected chi connectivity index (χ1v) is 5.01. The molecule has 0 atom stereocenters. The second-order valence-corrected chi connectivity index (χ2v) is 3.38. The van der Waals surface area contributed by atoms with Gasteiger partial charge in [0.25, 0.3) is 5.56 Å². The average Bonchev–Trinajstić information content (AvgIpc) is 2.23. The van der Waals surface area contributed by atoms with Crippen LogP contribution in [0.5, 0.6) is 0 Å². The smallest absolute Gasteiger partial charge is 0.331 e. The van der Waals surface area contributed by atoms with Crippen molar-refractivity contribution in [1.82, 2.24) is 9.78 Å². The number of carboxylic acid groups (broad SMARTS) is 1. The fraction of sp³-hybridized carbons (Fsp3) is 0.364. The lowest BCUT2D eigenvalue weighted by molar-refractivity contribution is -0.132. The maximum Gasteiger partial charge on any atom is 0.331 e. The van der Waals surface area contributed by atoms with Gasteiger partial charge in [0.2, 0.25) is 0 Å². The predicted molar refractivity (Wildman–Crippen MR) is 59.2 cm³/mol. The number of carboxylic acids is 1. The van der Waals surface area contributed by atoms with E-state index in [9.17, 15) is 9.59 Å². The zero-order valence-corrected chi connectivity index (χ0v) is 9.30. The van der Waals surface area contributed by atoms with E-state index in [-0.39, 0.29) is 17.7 Å². The summed E-state index contributed by atoms with van der Waals surface area (Å²) in [5, 5.41) is 12.8. The van der Waals surface area contributed by atoms with Crippen LogP contribution < -0.4 is 5.56 Å². The van der Waals surface area contributed by atoms with Crippen molar-refractivity contribution >= 4 is 5.97 Å². The van der Waals surface area contributed by atoms with Crippen molar-refractivity contribution in [1.29, 1.82) is 0 Å². The predicted octanol–water partition coefficient (Wildman–Crippen LogP) is 0.973. The van der Waals surface area contributed by atoms with Crippen LogP contribution in [0.2, 0.25) is 0 Å². The van der Waals surface area contributed by atoms with E-state index in [1.165, 1.54) is 16.8 Å². The number of aliphatic carboxylic acids is 1. The first-order chi connectivity index (χ1) is 7.54. The standard InChI is InChI=1S/C11H14N2O3/c1-3-9(11(15)16)6-7-13-10(14)5-4-8(2)12-13/h4-6H,3,7H2,1-2H3,(H,15,16). The molecular weight excluding hydrogens is 208 g/mol. The number of hydrogen-bond acceptors (Lipinski definition) is 3. The Kier molecular flexibility index (Phi) is 3.99. The van der Waals surface area contributed by atoms with Crippen LogP contribution in [0.15, 0.2) is 28.6 Å². The van der Waals surface area contributed by atoms with E-state index in [0.29, 0.717) is 6.42 Å². The second kappa shape index (κ2) is 5.25. The molecule has 0 aliphatic carbocycles. The summed E-state index contributed by atoms with van der Waals surface area (Å²) in [7, 11) is 0. The molecule has 5 heteroatoms. The van der Waals surface area contributed by atoms with Crippen molar-refractivity contribution in [2.75, 3.05) is 0 Å². The zero-order valence-electron chi connectivity index (χ0n) is 9.30. The maximum absolute atomic E-state index is 11.4. The first-order valence-electron chi connectivity index (χ1n) is 5.01. The van der Waals surface area contributed by atoms with E-state index in [1.54, 1.807) is 19.9 Å². The van der Waals surface area contributed by atoms with Gasteiger partial charge in [0.1, 0.15) is 0 Å². The molecule has 0 aromatic carbocycles. The zero-order chi connectivity index (χ0) is 12.1. The number of hydrogen-bond donors (Lipinski definition) is 1. The van der Waals surface area contributed by atoms with Crippen molar-refractivity contribution in [3.05, 3.63) is 39.8 Å². The molecule has 0 unspecified atom stereocenters. The molecule has 0 bridgehead atoms. The molecule has 1 aromatic rings. The van der Waals surface area contributed by atoms with Gasteiger partial charge in [-0.2, -0.15) is 5.10 Å². The summed E-state index contributed by atoms with van der Waals surface area (Å²) in [5.41, 5.74) is 0.777. The third-order valence-corrected chi connectivity index (χ3v) is 2.17. The van der Waals surface area contributed by atoms with E-state index in [0.717, 1.165) is 5.69 Å². The van der Waals surface area contributed by atoms with Gasteiger partial charge in [-0.3, -0.25) is 4.79 Å². The molecule has 0 aliphatic heterocycles. The number of nitrogens with zero attached hydrogens (tertiary/aromatic N) is 2. The highest BCUT2D eigenvalue weighted by molar-refractivity contribution is 5.86. The molecule has 1 aromatic heterocycles. The molecule has 1 heterocycles. The Labute approximate surface area is 93.0 Å². The van der Waals surface area contributed by atoms with Gasteiger partial charge in [0.15, 0.2) is 0 Å². The highest BCUT2D eigenvalue weighted by Crippen LogP contribution is 2.00. The molecule has 0 saturated heterocycles. The van der Waals surface area contributed by atoms with Crippen molar-refractivity contribution in [2.45, 2.75) is 26.8 Å². The van der Waals surface area contributed by atoms with E-state index >= 15 is 0 Å². The van der Waals surface area contributed by atoms with Crippen molar-refractivity contribution in [2.24, 2.45) is 0 Å². The molecule has 0 saturated carbocycles. The van der Waals surface area contributed by atoms with Crippen LogP contribution in [0.4, 0.5) is 0 Å². The van der Waals surface area contributed by atoms with Crippen molar-refractivity contribution in [3.8, 4) is 0 Å². The Hall–Kier alpha value is -1.91. The minimum atomic E-state index is -0.955. The Bertz CT molecular complexity index is 474. The number of aromatic nitrogens is 2. The Morgan fingerprint density at radius 3 is 2.81 bits per heavy atom. The summed E-state index contributed by atoms with van der Waals surface area (Å²) in [6.45, 7) is 3.72. The molecule has 16 heavy (non-hydrogen) atoms. The fourth-order valence-corrected chi connectivity index (χ4v) is 1.26. The molecule has 0 spiro atoms. The summed E-state index contributed by atoms with van der Waals surface area (Å²) in [6.07, 6.45) is 1.94. The van der Waals surface area contributed by atoms with Crippen LogP contribution in [0, 0.1) is 6.92 Å². The molecule has 0 amide bonds. The largest absolute Gasteiger partial charge is 0.478 e. The highest BCUT2D eigenvalue weighted by atomic mass is 16.4. The van der Waals surface area contributed by atoms with E-state index < -0.39 is 5.97 Å². The van der Waals surface area contributed by atoms with Gasteiger partial charge in [-0.25, -0.2) is 9.48 Å². The normalized spacial score (nSPS) is 11.5. The van der Waals surface area contributed by atoms with Crippen LogP contribution >= 0.6 is 0 Å². The number of carbonyl (C=O) groups is 1. The number of allylic oxidation sites excluding steroid dienone is 1. The third-order valence-electron chi connectivity index (χ3n) is 2.17. The minimum Gasteiger partial charge on any atom is -0.478 e. The van der Waals surface area contributed by atoms with Gasteiger partial charge in [-0.05, 0) is 19.4 Å². The van der Waals surface area contributed by atoms with Gasteiger partial charge < -0.3 is 5.11 Å². The summed E-state index contributed by atoms with van der Waals surface area (Å²) < 4.78 is 1.24. The van der Waals surface area contributed by atoms with Gasteiger partial charge in [-0.1, -0.05) is 13.0 Å². The summed E-state index contributed by atoms with van der Waals surface area (Å²) >= 11 is 0. The van der Waals surface area contributed by atoms with Crippen molar-refractivity contribution in [3.63, 3.8) is 0 Å². The van der Waals surface area contributed by atoms with Crippen LogP contribution in [0.25, 0.3) is 0 Å². The molecule has 86 valence electrons. The molecule has 1 N–H and O–H groups in total. The Morgan fingerprint density at radius 2 is 2.25 bits per heavy atom. The summed E-state index contributed by atoms with van der Waals surface area (Å²) in [5.74, 6) is -0.955. The Balaban J connectivity index is 2.93. The lowest BCUT2D eigenvalue weighted by Crippen LogP contribution is -2.22. The van der Waals surface area contributed by atoms with Gasteiger partial charge in [0, 0.05) is 11.6 Å². The van der Waals surface area contributed by atoms with Crippen LogP contribution in [-0.4, -0.2) is 20.9 Å². The van der Waals surface area contributed by atoms with E-state index in [2.05, 4.69) is 5.10 Å².